The van der Waals surface area contributed by atoms with Gasteiger partial charge in [0, 0.05) is 14.7 Å². The molecular weight excluding hydrogens is 537 g/mol. The summed E-state index contributed by atoms with van der Waals surface area (Å²) in [6.07, 6.45) is -4.99. The molecule has 38 heavy (non-hydrogen) atoms. The Morgan fingerprint density at radius 2 is 1.05 bits per heavy atom. The van der Waals surface area contributed by atoms with Gasteiger partial charge >= 0.3 is 6.18 Å². The summed E-state index contributed by atoms with van der Waals surface area (Å²) in [5, 5.41) is 0. The molecule has 0 heterocycles. The Labute approximate surface area is 224 Å². The van der Waals surface area contributed by atoms with Gasteiger partial charge in [0.05, 0.1) is 0 Å². The van der Waals surface area contributed by atoms with Crippen LogP contribution in [0.2, 0.25) is 0 Å². The molecule has 0 saturated heterocycles. The molecule has 10 heteroatoms. The van der Waals surface area contributed by atoms with E-state index in [2.05, 4.69) is 0 Å². The lowest BCUT2D eigenvalue weighted by Crippen LogP contribution is -2.26. The van der Waals surface area contributed by atoms with E-state index in [1.54, 1.807) is 78.9 Å². The monoisotopic (exact) mass is 570 g/mol. The summed E-state index contributed by atoms with van der Waals surface area (Å²) in [5.74, 6) is -1.29. The molecule has 0 saturated carbocycles. The molecule has 0 N–H and O–H groups in total. The van der Waals surface area contributed by atoms with Crippen LogP contribution in [0.1, 0.15) is 41.5 Å². The minimum atomic E-state index is -5.11. The Bertz CT molecular complexity index is 1280. The second-order valence-electron chi connectivity index (χ2n) is 10.6. The van der Waals surface area contributed by atoms with Crippen molar-refractivity contribution in [1.82, 2.24) is 0 Å². The molecule has 208 valence electrons. The molecule has 0 fully saturated rings. The van der Waals surface area contributed by atoms with E-state index in [1.807, 2.05) is 41.5 Å². The van der Waals surface area contributed by atoms with E-state index in [-0.39, 0.29) is 0 Å². The molecular formula is C28H33F3O5S2. The van der Waals surface area contributed by atoms with E-state index in [1.165, 1.54) is 0 Å². The number of benzene rings is 3. The molecule has 3 rings (SSSR count). The molecule has 0 amide bonds. The van der Waals surface area contributed by atoms with Crippen molar-refractivity contribution in [2.75, 3.05) is 5.75 Å². The maximum Gasteiger partial charge on any atom is 0.405 e. The third-order valence-corrected chi connectivity index (χ3v) is 9.84. The van der Waals surface area contributed by atoms with E-state index in [0.717, 1.165) is 0 Å². The number of hydrogen-bond acceptors (Lipinski definition) is 5. The highest BCUT2D eigenvalue weighted by atomic mass is 32.3. The Morgan fingerprint density at radius 1 is 0.632 bits per heavy atom. The van der Waals surface area contributed by atoms with Gasteiger partial charge < -0.3 is 9.47 Å². The SMILES string of the molecule is CC(C)(C)Oc1cccc(S(OS(=O)(=O)CC(F)(F)F)(c2ccccc2)c2cccc(OC(C)(C)C)c2)c1. The number of rotatable bonds is 8. The van der Waals surface area contributed by atoms with Gasteiger partial charge in [0.1, 0.15) is 22.7 Å². The molecule has 0 atom stereocenters. The smallest absolute Gasteiger partial charge is 0.405 e. The van der Waals surface area contributed by atoms with Gasteiger partial charge in [-0.3, -0.25) is 0 Å². The second kappa shape index (κ2) is 10.8. The first kappa shape index (κ1) is 29.9. The van der Waals surface area contributed by atoms with E-state index < -0.39 is 43.6 Å². The van der Waals surface area contributed by atoms with Crippen LogP contribution in [0.5, 0.6) is 11.5 Å². The van der Waals surface area contributed by atoms with Gasteiger partial charge in [-0.1, -0.05) is 30.3 Å². The fourth-order valence-electron chi connectivity index (χ4n) is 3.66. The average Bonchev–Trinajstić information content (AvgIpc) is 2.74. The first-order valence-electron chi connectivity index (χ1n) is 11.9. The summed E-state index contributed by atoms with van der Waals surface area (Å²) in [6.45, 7) is 11.1. The first-order valence-corrected chi connectivity index (χ1v) is 15.0. The van der Waals surface area contributed by atoms with Gasteiger partial charge in [0.25, 0.3) is 10.1 Å². The van der Waals surface area contributed by atoms with Crippen LogP contribution < -0.4 is 9.47 Å². The lowest BCUT2D eigenvalue weighted by molar-refractivity contribution is -0.107. The molecule has 0 aliphatic carbocycles. The van der Waals surface area contributed by atoms with Crippen molar-refractivity contribution in [1.29, 1.82) is 0 Å². The summed E-state index contributed by atoms with van der Waals surface area (Å²) in [6, 6.07) is 21.6. The molecule has 3 aromatic rings. The molecule has 0 bridgehead atoms. The standard InChI is InChI=1S/C28H33F3O5S2/c1-26(2,3)34-21-12-10-16-24(18-21)38(23-14-8-7-9-15-23,36-37(32,33)20-28(29,30)31)25-17-11-13-22(19-25)35-27(4,5)6/h7-19H,20H2,1-6H3. The van der Waals surface area contributed by atoms with Gasteiger partial charge in [-0.05, 0) is 100 Å². The minimum Gasteiger partial charge on any atom is -0.488 e. The predicted molar refractivity (Wildman–Crippen MR) is 143 cm³/mol. The maximum absolute atomic E-state index is 13.3. The molecule has 0 unspecified atom stereocenters. The summed E-state index contributed by atoms with van der Waals surface area (Å²) in [7, 11) is -8.37. The van der Waals surface area contributed by atoms with Crippen LogP contribution in [0.25, 0.3) is 0 Å². The first-order chi connectivity index (χ1) is 17.4. The highest BCUT2D eigenvalue weighted by Crippen LogP contribution is 2.70. The van der Waals surface area contributed by atoms with Crippen LogP contribution in [-0.4, -0.2) is 31.5 Å². The van der Waals surface area contributed by atoms with Gasteiger partial charge in [0.15, 0.2) is 5.75 Å². The Balaban J connectivity index is 2.37. The van der Waals surface area contributed by atoms with Crippen molar-refractivity contribution in [2.45, 2.75) is 73.6 Å². The molecule has 0 aliphatic heterocycles. The highest BCUT2D eigenvalue weighted by Gasteiger charge is 2.43. The van der Waals surface area contributed by atoms with Crippen molar-refractivity contribution in [3.05, 3.63) is 78.9 Å². The predicted octanol–water partition coefficient (Wildman–Crippen LogP) is 8.15. The minimum absolute atomic E-state index is 0.351. The van der Waals surface area contributed by atoms with Crippen LogP contribution in [-0.2, 0) is 13.7 Å². The fraction of sp³-hybridized carbons (Fsp3) is 0.357. The van der Waals surface area contributed by atoms with E-state index in [4.69, 9.17) is 13.1 Å². The average molecular weight is 571 g/mol. The van der Waals surface area contributed by atoms with Gasteiger partial charge in [-0.25, -0.2) is 3.63 Å². The highest BCUT2D eigenvalue weighted by molar-refractivity contribution is 8.33. The lowest BCUT2D eigenvalue weighted by Gasteiger charge is -2.40. The van der Waals surface area contributed by atoms with E-state index in [0.29, 0.717) is 26.2 Å². The summed E-state index contributed by atoms with van der Waals surface area (Å²) in [4.78, 5) is 1.10. The van der Waals surface area contributed by atoms with Crippen LogP contribution in [0, 0.1) is 0 Å². The Morgan fingerprint density at radius 3 is 1.45 bits per heavy atom. The van der Waals surface area contributed by atoms with E-state index in [9.17, 15) is 21.6 Å². The third-order valence-electron chi connectivity index (χ3n) is 4.74. The zero-order valence-corrected chi connectivity index (χ0v) is 23.8. The van der Waals surface area contributed by atoms with Crippen LogP contribution in [0.3, 0.4) is 0 Å². The Kier molecular flexibility index (Phi) is 8.50. The molecule has 5 nitrogen and oxygen atoms in total. The van der Waals surface area contributed by atoms with Crippen molar-refractivity contribution < 1.29 is 34.7 Å². The largest absolute Gasteiger partial charge is 0.488 e. The van der Waals surface area contributed by atoms with Crippen molar-refractivity contribution in [2.24, 2.45) is 0 Å². The molecule has 0 aliphatic rings. The van der Waals surface area contributed by atoms with E-state index >= 15 is 0 Å². The van der Waals surface area contributed by atoms with Gasteiger partial charge in [-0.15, -0.1) is 0 Å². The van der Waals surface area contributed by atoms with Crippen molar-refractivity contribution in [3.8, 4) is 11.5 Å². The van der Waals surface area contributed by atoms with Crippen LogP contribution in [0.4, 0.5) is 13.2 Å². The lowest BCUT2D eigenvalue weighted by atomic mass is 10.2. The Hall–Kier alpha value is -2.69. The molecule has 0 spiro atoms. The van der Waals surface area contributed by atoms with Gasteiger partial charge in [-0.2, -0.15) is 21.6 Å². The summed E-state index contributed by atoms with van der Waals surface area (Å²) >= 11 is 0. The number of halogens is 3. The quantitative estimate of drug-likeness (QED) is 0.274. The van der Waals surface area contributed by atoms with Gasteiger partial charge in [0.2, 0.25) is 0 Å². The fourth-order valence-corrected chi connectivity index (χ4v) is 8.90. The van der Waals surface area contributed by atoms with Crippen molar-refractivity contribution in [3.63, 3.8) is 0 Å². The molecule has 0 radical (unpaired) electrons. The molecule has 3 aromatic carbocycles. The van der Waals surface area contributed by atoms with Crippen LogP contribution in [0.15, 0.2) is 93.5 Å². The third kappa shape index (κ3) is 8.15. The zero-order chi connectivity index (χ0) is 28.4. The normalized spacial score (nSPS) is 13.7. The number of ether oxygens (including phenoxy) is 2. The number of hydrogen-bond donors (Lipinski definition) is 0. The topological polar surface area (TPSA) is 61.8 Å². The second-order valence-corrected chi connectivity index (χ2v) is 15.1. The number of alkyl halides is 3. The molecule has 0 aromatic heterocycles. The van der Waals surface area contributed by atoms with Crippen molar-refractivity contribution >= 4 is 20.4 Å². The maximum atomic E-state index is 13.3. The zero-order valence-electron chi connectivity index (χ0n) is 22.2. The summed E-state index contributed by atoms with van der Waals surface area (Å²) < 4.78 is 83.9. The van der Waals surface area contributed by atoms with Crippen LogP contribution >= 0.6 is 10.3 Å². The summed E-state index contributed by atoms with van der Waals surface area (Å²) in [5.41, 5.74) is -1.15.